The molecule has 0 unspecified atom stereocenters. The van der Waals surface area contributed by atoms with Crippen molar-refractivity contribution in [1.82, 2.24) is 0 Å². The second-order valence-corrected chi connectivity index (χ2v) is 7.59. The van der Waals surface area contributed by atoms with Gasteiger partial charge in [-0.1, -0.05) is 38.5 Å². The summed E-state index contributed by atoms with van der Waals surface area (Å²) < 4.78 is 13.0. The van der Waals surface area contributed by atoms with Crippen molar-refractivity contribution in [2.24, 2.45) is 5.92 Å². The van der Waals surface area contributed by atoms with Gasteiger partial charge in [0.05, 0.1) is 11.2 Å². The molecule has 0 bridgehead atoms. The molecule has 2 aliphatic heterocycles. The SMILES string of the molecule is C1CCC2(CC1)CC[C@@H]1CC3(CCCCC3)O[C@@H]1O2. The molecule has 2 heterocycles. The molecule has 4 rings (SSSR count). The van der Waals surface area contributed by atoms with Gasteiger partial charge in [-0.2, -0.15) is 0 Å². The lowest BCUT2D eigenvalue weighted by molar-refractivity contribution is -0.264. The second-order valence-electron chi connectivity index (χ2n) is 7.59. The molecular formula is C17H28O2. The molecule has 0 aromatic carbocycles. The first-order valence-corrected chi connectivity index (χ1v) is 8.65. The lowest BCUT2D eigenvalue weighted by Crippen LogP contribution is -2.45. The standard InChI is InChI=1S/C17H28O2/c1-3-8-16(9-4-1)12-7-14-13-17(19-15(14)18-16)10-5-2-6-11-17/h14-15H,1-13H2/t14-,15+/m1/s1. The number of rotatable bonds is 0. The molecule has 2 saturated heterocycles. The first kappa shape index (κ1) is 12.6. The first-order valence-electron chi connectivity index (χ1n) is 8.65. The Hall–Kier alpha value is -0.0800. The van der Waals surface area contributed by atoms with Crippen LogP contribution in [0.4, 0.5) is 0 Å². The Morgan fingerprint density at radius 1 is 0.632 bits per heavy atom. The van der Waals surface area contributed by atoms with Gasteiger partial charge in [0, 0.05) is 5.92 Å². The molecule has 2 saturated carbocycles. The molecule has 0 aromatic heterocycles. The Bertz CT molecular complexity index is 314. The number of ether oxygens (including phenoxy) is 2. The third kappa shape index (κ3) is 2.25. The summed E-state index contributed by atoms with van der Waals surface area (Å²) in [7, 11) is 0. The van der Waals surface area contributed by atoms with E-state index in [-0.39, 0.29) is 17.5 Å². The van der Waals surface area contributed by atoms with E-state index >= 15 is 0 Å². The number of hydrogen-bond acceptors (Lipinski definition) is 2. The fourth-order valence-electron chi connectivity index (χ4n) is 5.16. The summed E-state index contributed by atoms with van der Waals surface area (Å²) in [6.07, 6.45) is 17.5. The van der Waals surface area contributed by atoms with Crippen LogP contribution in [0.1, 0.15) is 83.5 Å². The molecule has 4 fully saturated rings. The molecule has 0 N–H and O–H groups in total. The van der Waals surface area contributed by atoms with Crippen LogP contribution in [-0.4, -0.2) is 17.5 Å². The lowest BCUT2D eigenvalue weighted by Gasteiger charge is -2.44. The monoisotopic (exact) mass is 264 g/mol. The Kier molecular flexibility index (Phi) is 3.15. The highest BCUT2D eigenvalue weighted by molar-refractivity contribution is 4.98. The Labute approximate surface area is 117 Å². The highest BCUT2D eigenvalue weighted by Crippen LogP contribution is 2.52. The van der Waals surface area contributed by atoms with E-state index in [2.05, 4.69) is 0 Å². The van der Waals surface area contributed by atoms with Gasteiger partial charge in [0.25, 0.3) is 0 Å². The Morgan fingerprint density at radius 3 is 1.89 bits per heavy atom. The van der Waals surface area contributed by atoms with Crippen LogP contribution in [-0.2, 0) is 9.47 Å². The van der Waals surface area contributed by atoms with E-state index in [1.807, 2.05) is 0 Å². The van der Waals surface area contributed by atoms with Crippen molar-refractivity contribution in [3.63, 3.8) is 0 Å². The lowest BCUT2D eigenvalue weighted by atomic mass is 9.75. The highest BCUT2D eigenvalue weighted by atomic mass is 16.7. The zero-order chi connectivity index (χ0) is 12.8. The summed E-state index contributed by atoms with van der Waals surface area (Å²) >= 11 is 0. The van der Waals surface area contributed by atoms with Crippen molar-refractivity contribution in [2.75, 3.05) is 0 Å². The van der Waals surface area contributed by atoms with Gasteiger partial charge in [0.15, 0.2) is 6.29 Å². The van der Waals surface area contributed by atoms with E-state index in [0.717, 1.165) is 0 Å². The van der Waals surface area contributed by atoms with E-state index in [1.165, 1.54) is 83.5 Å². The minimum atomic E-state index is 0.143. The van der Waals surface area contributed by atoms with Crippen molar-refractivity contribution in [2.45, 2.75) is 101 Å². The van der Waals surface area contributed by atoms with E-state index < -0.39 is 0 Å². The van der Waals surface area contributed by atoms with Gasteiger partial charge in [-0.3, -0.25) is 0 Å². The molecule has 108 valence electrons. The molecule has 2 heteroatoms. The maximum Gasteiger partial charge on any atom is 0.161 e. The maximum absolute atomic E-state index is 6.54. The van der Waals surface area contributed by atoms with Crippen molar-refractivity contribution < 1.29 is 9.47 Å². The normalized spacial score (nSPS) is 40.4. The minimum Gasteiger partial charge on any atom is -0.346 e. The quantitative estimate of drug-likeness (QED) is 0.638. The zero-order valence-corrected chi connectivity index (χ0v) is 12.2. The van der Waals surface area contributed by atoms with E-state index in [4.69, 9.17) is 9.47 Å². The van der Waals surface area contributed by atoms with Crippen molar-refractivity contribution in [1.29, 1.82) is 0 Å². The summed E-state index contributed by atoms with van der Waals surface area (Å²) in [4.78, 5) is 0. The molecule has 2 nitrogen and oxygen atoms in total. The molecule has 0 amide bonds. The van der Waals surface area contributed by atoms with E-state index in [1.54, 1.807) is 0 Å². The molecule has 0 radical (unpaired) electrons. The van der Waals surface area contributed by atoms with Crippen LogP contribution in [0.3, 0.4) is 0 Å². The van der Waals surface area contributed by atoms with Gasteiger partial charge in [0.2, 0.25) is 0 Å². The Morgan fingerprint density at radius 2 is 1.21 bits per heavy atom. The summed E-state index contributed by atoms with van der Waals surface area (Å²) in [5.74, 6) is 0.700. The van der Waals surface area contributed by atoms with E-state index in [0.29, 0.717) is 5.92 Å². The van der Waals surface area contributed by atoms with Gasteiger partial charge in [-0.05, 0) is 44.9 Å². The van der Waals surface area contributed by atoms with Gasteiger partial charge in [-0.25, -0.2) is 0 Å². The fraction of sp³-hybridized carbons (Fsp3) is 1.00. The van der Waals surface area contributed by atoms with Gasteiger partial charge in [-0.15, -0.1) is 0 Å². The third-order valence-electron chi connectivity index (χ3n) is 6.25. The fourth-order valence-corrected chi connectivity index (χ4v) is 5.16. The van der Waals surface area contributed by atoms with Crippen LogP contribution in [0.5, 0.6) is 0 Å². The molecular weight excluding hydrogens is 236 g/mol. The smallest absolute Gasteiger partial charge is 0.161 e. The Balaban J connectivity index is 1.47. The van der Waals surface area contributed by atoms with Crippen molar-refractivity contribution in [3.8, 4) is 0 Å². The van der Waals surface area contributed by atoms with Gasteiger partial charge >= 0.3 is 0 Å². The molecule has 19 heavy (non-hydrogen) atoms. The topological polar surface area (TPSA) is 18.5 Å². The number of fused-ring (bicyclic) bond motifs is 1. The first-order chi connectivity index (χ1) is 9.29. The average molecular weight is 264 g/mol. The van der Waals surface area contributed by atoms with E-state index in [9.17, 15) is 0 Å². The average Bonchev–Trinajstić information content (AvgIpc) is 2.77. The summed E-state index contributed by atoms with van der Waals surface area (Å²) in [5.41, 5.74) is 0.424. The van der Waals surface area contributed by atoms with Gasteiger partial charge in [0.1, 0.15) is 0 Å². The highest BCUT2D eigenvalue weighted by Gasteiger charge is 2.52. The van der Waals surface area contributed by atoms with Crippen LogP contribution in [0.2, 0.25) is 0 Å². The van der Waals surface area contributed by atoms with Crippen molar-refractivity contribution >= 4 is 0 Å². The summed E-state index contributed by atoms with van der Waals surface area (Å²) in [6.45, 7) is 0. The van der Waals surface area contributed by atoms with Crippen LogP contribution in [0.25, 0.3) is 0 Å². The van der Waals surface area contributed by atoms with Crippen LogP contribution >= 0.6 is 0 Å². The summed E-state index contributed by atoms with van der Waals surface area (Å²) in [5, 5.41) is 0. The minimum absolute atomic E-state index is 0.143. The molecule has 4 aliphatic rings. The second kappa shape index (κ2) is 4.73. The van der Waals surface area contributed by atoms with Gasteiger partial charge < -0.3 is 9.47 Å². The van der Waals surface area contributed by atoms with Crippen molar-refractivity contribution in [3.05, 3.63) is 0 Å². The maximum atomic E-state index is 6.54. The predicted octanol–water partition coefficient (Wildman–Crippen LogP) is 4.57. The largest absolute Gasteiger partial charge is 0.346 e. The predicted molar refractivity (Wildman–Crippen MR) is 74.9 cm³/mol. The molecule has 2 atom stereocenters. The van der Waals surface area contributed by atoms with Crippen LogP contribution < -0.4 is 0 Å². The molecule has 0 aromatic rings. The molecule has 2 spiro atoms. The molecule has 2 aliphatic carbocycles. The summed E-state index contributed by atoms with van der Waals surface area (Å²) in [6, 6.07) is 0. The number of hydrogen-bond donors (Lipinski definition) is 0. The third-order valence-corrected chi connectivity index (χ3v) is 6.25. The zero-order valence-electron chi connectivity index (χ0n) is 12.2. The van der Waals surface area contributed by atoms with Crippen LogP contribution in [0.15, 0.2) is 0 Å². The van der Waals surface area contributed by atoms with Crippen LogP contribution in [0, 0.1) is 5.92 Å².